The second-order valence-corrected chi connectivity index (χ2v) is 7.77. The van der Waals surface area contributed by atoms with E-state index in [1.807, 2.05) is 0 Å². The van der Waals surface area contributed by atoms with Crippen molar-refractivity contribution in [2.24, 2.45) is 0 Å². The summed E-state index contributed by atoms with van der Waals surface area (Å²) in [6.07, 6.45) is -4.88. The van der Waals surface area contributed by atoms with Crippen LogP contribution in [-0.2, 0) is 6.54 Å². The first-order valence-electron chi connectivity index (χ1n) is 10.1. The lowest BCUT2D eigenvalue weighted by molar-refractivity contribution is -0.173. The summed E-state index contributed by atoms with van der Waals surface area (Å²) in [5.74, 6) is 0.0415. The third kappa shape index (κ3) is 4.18. The van der Waals surface area contributed by atoms with Crippen molar-refractivity contribution in [2.45, 2.75) is 31.2 Å². The van der Waals surface area contributed by atoms with E-state index in [0.29, 0.717) is 22.6 Å². The number of hydrogen-bond acceptors (Lipinski definition) is 5. The second kappa shape index (κ2) is 7.98. The lowest BCUT2D eigenvalue weighted by Gasteiger charge is -2.33. The zero-order valence-corrected chi connectivity index (χ0v) is 17.0. The van der Waals surface area contributed by atoms with Gasteiger partial charge in [-0.3, -0.25) is 4.79 Å². The summed E-state index contributed by atoms with van der Waals surface area (Å²) < 4.78 is 66.1. The van der Waals surface area contributed by atoms with E-state index in [4.69, 9.17) is 9.47 Å². The molecule has 1 aromatic heterocycles. The summed E-state index contributed by atoms with van der Waals surface area (Å²) in [6, 6.07) is 9.20. The van der Waals surface area contributed by atoms with Gasteiger partial charge in [0.25, 0.3) is 5.91 Å². The third-order valence-corrected chi connectivity index (χ3v) is 5.59. The van der Waals surface area contributed by atoms with Crippen LogP contribution in [0, 0.1) is 5.82 Å². The Kier molecular flexibility index (Phi) is 5.10. The number of halogens is 4. The molecule has 1 amide bonds. The Bertz CT molecular complexity index is 1190. The molecule has 0 unspecified atom stereocenters. The summed E-state index contributed by atoms with van der Waals surface area (Å²) in [4.78, 5) is 12.5. The molecule has 2 N–H and O–H groups in total. The van der Waals surface area contributed by atoms with Crippen molar-refractivity contribution >= 4 is 11.7 Å². The summed E-state index contributed by atoms with van der Waals surface area (Å²) >= 11 is 0. The van der Waals surface area contributed by atoms with Crippen LogP contribution in [0.4, 0.5) is 23.4 Å². The van der Waals surface area contributed by atoms with Gasteiger partial charge in [-0.15, -0.1) is 0 Å². The van der Waals surface area contributed by atoms with Crippen molar-refractivity contribution in [3.8, 4) is 11.5 Å². The smallest absolute Gasteiger partial charge is 0.410 e. The number of alkyl halides is 3. The zero-order chi connectivity index (χ0) is 23.2. The Morgan fingerprint density at radius 2 is 1.88 bits per heavy atom. The lowest BCUT2D eigenvalue weighted by atomic mass is 9.96. The maximum Gasteiger partial charge on any atom is 0.410 e. The molecule has 7 nitrogen and oxygen atoms in total. The predicted molar refractivity (Wildman–Crippen MR) is 108 cm³/mol. The SMILES string of the molecule is O=C(NCc1ccc(F)cc1)c1cc2n(n1)[C@H](C(F)(F)F)C[C@@H](c1ccc3c(c1)OCO3)N2. The maximum absolute atomic E-state index is 13.9. The van der Waals surface area contributed by atoms with E-state index >= 15 is 0 Å². The molecule has 0 aliphatic carbocycles. The normalized spacial score (nSPS) is 19.0. The summed E-state index contributed by atoms with van der Waals surface area (Å²) in [5.41, 5.74) is 1.09. The Balaban J connectivity index is 1.38. The fourth-order valence-electron chi connectivity index (χ4n) is 3.91. The number of fused-ring (bicyclic) bond motifs is 2. The largest absolute Gasteiger partial charge is 0.454 e. The van der Waals surface area contributed by atoms with Gasteiger partial charge in [-0.1, -0.05) is 18.2 Å². The maximum atomic E-state index is 13.9. The molecule has 0 bridgehead atoms. The average Bonchev–Trinajstić information content (AvgIpc) is 3.43. The van der Waals surface area contributed by atoms with Crippen LogP contribution in [0.25, 0.3) is 0 Å². The first-order valence-corrected chi connectivity index (χ1v) is 10.1. The molecule has 0 spiro atoms. The number of rotatable bonds is 4. The topological polar surface area (TPSA) is 77.4 Å². The van der Waals surface area contributed by atoms with Gasteiger partial charge in [0.1, 0.15) is 11.6 Å². The highest BCUT2D eigenvalue weighted by Crippen LogP contribution is 2.45. The van der Waals surface area contributed by atoms with Gasteiger partial charge < -0.3 is 20.1 Å². The van der Waals surface area contributed by atoms with Crippen molar-refractivity contribution in [3.05, 3.63) is 71.2 Å². The fraction of sp³-hybridized carbons (Fsp3) is 0.273. The molecule has 33 heavy (non-hydrogen) atoms. The van der Waals surface area contributed by atoms with Crippen LogP contribution in [0.5, 0.6) is 11.5 Å². The zero-order valence-electron chi connectivity index (χ0n) is 17.0. The monoisotopic (exact) mass is 462 g/mol. The predicted octanol–water partition coefficient (Wildman–Crippen LogP) is 4.34. The molecule has 3 heterocycles. The van der Waals surface area contributed by atoms with Gasteiger partial charge in [0.15, 0.2) is 23.2 Å². The number of nitrogens with zero attached hydrogens (tertiary/aromatic N) is 2. The minimum Gasteiger partial charge on any atom is -0.454 e. The van der Waals surface area contributed by atoms with Crippen LogP contribution >= 0.6 is 0 Å². The molecular formula is C22H18F4N4O3. The van der Waals surface area contributed by atoms with Crippen LogP contribution in [0.15, 0.2) is 48.5 Å². The molecule has 2 aliphatic heterocycles. The molecule has 0 fully saturated rings. The van der Waals surface area contributed by atoms with E-state index in [9.17, 15) is 22.4 Å². The van der Waals surface area contributed by atoms with E-state index in [1.54, 1.807) is 18.2 Å². The van der Waals surface area contributed by atoms with Gasteiger partial charge in [0.05, 0.1) is 6.04 Å². The molecule has 0 radical (unpaired) electrons. The number of amides is 1. The van der Waals surface area contributed by atoms with E-state index in [1.165, 1.54) is 30.3 Å². The summed E-state index contributed by atoms with van der Waals surface area (Å²) in [5, 5.41) is 9.56. The minimum absolute atomic E-state index is 0.0607. The van der Waals surface area contributed by atoms with Crippen molar-refractivity contribution in [2.75, 3.05) is 12.1 Å². The minimum atomic E-state index is -4.57. The number of anilines is 1. The average molecular weight is 462 g/mol. The van der Waals surface area contributed by atoms with Gasteiger partial charge in [0, 0.05) is 19.0 Å². The molecule has 172 valence electrons. The lowest BCUT2D eigenvalue weighted by Crippen LogP contribution is -2.35. The van der Waals surface area contributed by atoms with Gasteiger partial charge in [-0.2, -0.15) is 18.3 Å². The van der Waals surface area contributed by atoms with E-state index in [0.717, 1.165) is 4.68 Å². The van der Waals surface area contributed by atoms with Crippen LogP contribution in [0.1, 0.15) is 40.1 Å². The molecule has 2 aromatic carbocycles. The summed E-state index contributed by atoms with van der Waals surface area (Å²) in [7, 11) is 0. The first-order chi connectivity index (χ1) is 15.8. The number of carbonyl (C=O) groups excluding carboxylic acids is 1. The number of nitrogens with one attached hydrogen (secondary N) is 2. The molecule has 5 rings (SSSR count). The van der Waals surface area contributed by atoms with Crippen molar-refractivity contribution in [3.63, 3.8) is 0 Å². The number of ether oxygens (including phenoxy) is 2. The number of hydrogen-bond donors (Lipinski definition) is 2. The highest BCUT2D eigenvalue weighted by atomic mass is 19.4. The van der Waals surface area contributed by atoms with Crippen molar-refractivity contribution < 1.29 is 31.8 Å². The third-order valence-electron chi connectivity index (χ3n) is 5.59. The Morgan fingerprint density at radius 3 is 2.64 bits per heavy atom. The first kappa shape index (κ1) is 21.1. The second-order valence-electron chi connectivity index (χ2n) is 7.77. The van der Waals surface area contributed by atoms with Crippen molar-refractivity contribution in [1.82, 2.24) is 15.1 Å². The van der Waals surface area contributed by atoms with Gasteiger partial charge in [-0.25, -0.2) is 9.07 Å². The van der Waals surface area contributed by atoms with Crippen LogP contribution in [0.3, 0.4) is 0 Å². The van der Waals surface area contributed by atoms with E-state index in [2.05, 4.69) is 15.7 Å². The molecule has 0 saturated carbocycles. The summed E-state index contributed by atoms with van der Waals surface area (Å²) in [6.45, 7) is 0.141. The van der Waals surface area contributed by atoms with Crippen LogP contribution in [0.2, 0.25) is 0 Å². The Hall–Kier alpha value is -3.76. The van der Waals surface area contributed by atoms with Gasteiger partial charge in [-0.05, 0) is 35.4 Å². The van der Waals surface area contributed by atoms with E-state index < -0.39 is 30.0 Å². The van der Waals surface area contributed by atoms with Gasteiger partial charge in [0.2, 0.25) is 6.79 Å². The highest BCUT2D eigenvalue weighted by molar-refractivity contribution is 5.93. The molecule has 0 saturated heterocycles. The molecule has 11 heteroatoms. The standard InChI is InChI=1S/C22H18F4N4O3/c23-14-4-1-12(2-5-14)10-27-21(31)16-9-20-28-15(8-19(22(24,25)26)30(20)29-16)13-3-6-17-18(7-13)33-11-32-17/h1-7,9,15,19,28H,8,10-11H2,(H,27,31)/t15-,19-/m0/s1. The number of carbonyl (C=O) groups is 1. The Labute approximate surface area is 185 Å². The quantitative estimate of drug-likeness (QED) is 0.564. The highest BCUT2D eigenvalue weighted by Gasteiger charge is 2.47. The number of aromatic nitrogens is 2. The molecular weight excluding hydrogens is 444 g/mol. The van der Waals surface area contributed by atoms with Crippen LogP contribution < -0.4 is 20.1 Å². The molecule has 2 aliphatic rings. The van der Waals surface area contributed by atoms with E-state index in [-0.39, 0.29) is 31.3 Å². The van der Waals surface area contributed by atoms with Gasteiger partial charge >= 0.3 is 6.18 Å². The molecule has 2 atom stereocenters. The Morgan fingerprint density at radius 1 is 1.12 bits per heavy atom. The van der Waals surface area contributed by atoms with Crippen molar-refractivity contribution in [1.29, 1.82) is 0 Å². The number of benzene rings is 2. The molecule has 3 aromatic rings. The van der Waals surface area contributed by atoms with Crippen LogP contribution in [-0.4, -0.2) is 28.7 Å². The fourth-order valence-corrected chi connectivity index (χ4v) is 3.91.